The second kappa shape index (κ2) is 4.16. The summed E-state index contributed by atoms with van der Waals surface area (Å²) in [6, 6.07) is 9.82. The van der Waals surface area contributed by atoms with Gasteiger partial charge < -0.3 is 5.73 Å². The highest BCUT2D eigenvalue weighted by Crippen LogP contribution is 2.20. The molecule has 0 atom stereocenters. The summed E-state index contributed by atoms with van der Waals surface area (Å²) < 4.78 is 0. The Labute approximate surface area is 92.6 Å². The van der Waals surface area contributed by atoms with Crippen LogP contribution in [0.3, 0.4) is 0 Å². The highest BCUT2D eigenvalue weighted by atomic mass is 32.1. The van der Waals surface area contributed by atoms with Gasteiger partial charge in [-0.25, -0.2) is 0 Å². The second-order valence-electron chi connectivity index (χ2n) is 3.30. The molecule has 74 valence electrons. The normalized spacial score (nSPS) is 9.80. The predicted molar refractivity (Wildman–Crippen MR) is 62.7 cm³/mol. The predicted octanol–water partition coefficient (Wildman–Crippen LogP) is 2.79. The summed E-state index contributed by atoms with van der Waals surface area (Å²) in [6.45, 7) is 0. The molecule has 2 N–H and O–H groups in total. The van der Waals surface area contributed by atoms with E-state index in [0.29, 0.717) is 11.3 Å². The van der Waals surface area contributed by atoms with Crippen LogP contribution in [0.5, 0.6) is 0 Å². The monoisotopic (exact) mass is 214 g/mol. The van der Waals surface area contributed by atoms with Crippen LogP contribution in [0.15, 0.2) is 35.0 Å². The zero-order chi connectivity index (χ0) is 10.7. The molecule has 0 bridgehead atoms. The molecule has 0 aliphatic heterocycles. The maximum atomic E-state index is 9.00. The Morgan fingerprint density at radius 1 is 1.33 bits per heavy atom. The van der Waals surface area contributed by atoms with Gasteiger partial charge in [0.15, 0.2) is 0 Å². The van der Waals surface area contributed by atoms with Crippen LogP contribution in [0.4, 0.5) is 5.69 Å². The Hall–Kier alpha value is -1.79. The number of hydrogen-bond acceptors (Lipinski definition) is 3. The van der Waals surface area contributed by atoms with Crippen LogP contribution < -0.4 is 5.73 Å². The van der Waals surface area contributed by atoms with Crippen LogP contribution in [0.2, 0.25) is 0 Å². The number of nitrogens with two attached hydrogens (primary N) is 1. The van der Waals surface area contributed by atoms with Crippen molar-refractivity contribution in [2.75, 3.05) is 5.73 Å². The van der Waals surface area contributed by atoms with Gasteiger partial charge in [-0.1, -0.05) is 12.1 Å². The summed E-state index contributed by atoms with van der Waals surface area (Å²) in [7, 11) is 0. The highest BCUT2D eigenvalue weighted by Gasteiger charge is 2.06. The SMILES string of the molecule is N#Cc1c(N)cccc1Cc1ccsc1. The first kappa shape index (κ1) is 9.75. The lowest BCUT2D eigenvalue weighted by molar-refractivity contribution is 1.19. The molecule has 0 aliphatic carbocycles. The molecule has 0 aliphatic rings. The molecule has 0 saturated carbocycles. The summed E-state index contributed by atoms with van der Waals surface area (Å²) in [6.07, 6.45) is 0.775. The maximum Gasteiger partial charge on any atom is 0.102 e. The van der Waals surface area contributed by atoms with Crippen LogP contribution in [-0.2, 0) is 6.42 Å². The summed E-state index contributed by atoms with van der Waals surface area (Å²) in [5.74, 6) is 0. The minimum atomic E-state index is 0.560. The minimum Gasteiger partial charge on any atom is -0.398 e. The number of hydrogen-bond donors (Lipinski definition) is 1. The average molecular weight is 214 g/mol. The van der Waals surface area contributed by atoms with Gasteiger partial charge in [0.2, 0.25) is 0 Å². The van der Waals surface area contributed by atoms with E-state index in [0.717, 1.165) is 12.0 Å². The van der Waals surface area contributed by atoms with Crippen LogP contribution in [0.25, 0.3) is 0 Å². The molecule has 3 heteroatoms. The van der Waals surface area contributed by atoms with E-state index in [2.05, 4.69) is 17.5 Å². The fourth-order valence-electron chi connectivity index (χ4n) is 1.52. The standard InChI is InChI=1S/C12H10N2S/c13-7-11-10(2-1-3-12(11)14)6-9-4-5-15-8-9/h1-5,8H,6,14H2. The first-order chi connectivity index (χ1) is 7.31. The number of nitriles is 1. The molecule has 2 aromatic rings. The van der Waals surface area contributed by atoms with Crippen molar-refractivity contribution in [3.63, 3.8) is 0 Å². The van der Waals surface area contributed by atoms with Crippen LogP contribution >= 0.6 is 11.3 Å². The fraction of sp³-hybridized carbons (Fsp3) is 0.0833. The van der Waals surface area contributed by atoms with Gasteiger partial charge in [0.25, 0.3) is 0 Å². The number of nitrogen functional groups attached to an aromatic ring is 1. The molecular formula is C12H10N2S. The lowest BCUT2D eigenvalue weighted by Crippen LogP contribution is -1.96. The Kier molecular flexibility index (Phi) is 2.70. The molecule has 2 nitrogen and oxygen atoms in total. The summed E-state index contributed by atoms with van der Waals surface area (Å²) in [4.78, 5) is 0. The zero-order valence-electron chi connectivity index (χ0n) is 8.10. The molecule has 2 rings (SSSR count). The molecule has 15 heavy (non-hydrogen) atoms. The van der Waals surface area contributed by atoms with E-state index in [9.17, 15) is 0 Å². The van der Waals surface area contributed by atoms with Crippen molar-refractivity contribution in [3.05, 3.63) is 51.7 Å². The summed E-state index contributed by atoms with van der Waals surface area (Å²) in [5, 5.41) is 13.1. The molecule has 0 unspecified atom stereocenters. The van der Waals surface area contributed by atoms with Crippen molar-refractivity contribution in [2.45, 2.75) is 6.42 Å². The fourth-order valence-corrected chi connectivity index (χ4v) is 2.19. The molecule has 0 spiro atoms. The van der Waals surface area contributed by atoms with E-state index in [-0.39, 0.29) is 0 Å². The van der Waals surface area contributed by atoms with E-state index in [4.69, 9.17) is 11.0 Å². The summed E-state index contributed by atoms with van der Waals surface area (Å²) in [5.41, 5.74) is 9.12. The van der Waals surface area contributed by atoms with Gasteiger partial charge >= 0.3 is 0 Å². The van der Waals surface area contributed by atoms with E-state index in [1.54, 1.807) is 17.4 Å². The molecule has 0 radical (unpaired) electrons. The molecule has 1 heterocycles. The number of anilines is 1. The van der Waals surface area contributed by atoms with Gasteiger partial charge in [0.05, 0.1) is 5.56 Å². The Balaban J connectivity index is 2.37. The first-order valence-corrected chi connectivity index (χ1v) is 5.54. The van der Waals surface area contributed by atoms with Crippen molar-refractivity contribution < 1.29 is 0 Å². The third-order valence-corrected chi connectivity index (χ3v) is 3.00. The Bertz CT molecular complexity index is 495. The van der Waals surface area contributed by atoms with E-state index in [1.807, 2.05) is 17.5 Å². The first-order valence-electron chi connectivity index (χ1n) is 4.60. The third-order valence-electron chi connectivity index (χ3n) is 2.27. The smallest absolute Gasteiger partial charge is 0.102 e. The molecule has 0 fully saturated rings. The van der Waals surface area contributed by atoms with Crippen molar-refractivity contribution in [2.24, 2.45) is 0 Å². The Morgan fingerprint density at radius 2 is 2.20 bits per heavy atom. The van der Waals surface area contributed by atoms with Crippen molar-refractivity contribution in [1.29, 1.82) is 5.26 Å². The zero-order valence-corrected chi connectivity index (χ0v) is 8.92. The van der Waals surface area contributed by atoms with Crippen LogP contribution in [0, 0.1) is 11.3 Å². The maximum absolute atomic E-state index is 9.00. The molecule has 0 amide bonds. The van der Waals surface area contributed by atoms with Crippen LogP contribution in [-0.4, -0.2) is 0 Å². The van der Waals surface area contributed by atoms with Crippen LogP contribution in [0.1, 0.15) is 16.7 Å². The van der Waals surface area contributed by atoms with Gasteiger partial charge in [-0.3, -0.25) is 0 Å². The quantitative estimate of drug-likeness (QED) is 0.781. The van der Waals surface area contributed by atoms with E-state index in [1.165, 1.54) is 5.56 Å². The van der Waals surface area contributed by atoms with Gasteiger partial charge in [-0.05, 0) is 40.4 Å². The number of thiophene rings is 1. The molecule has 1 aromatic heterocycles. The lowest BCUT2D eigenvalue weighted by atomic mass is 10.0. The van der Waals surface area contributed by atoms with Crippen molar-refractivity contribution in [1.82, 2.24) is 0 Å². The average Bonchev–Trinajstić information content (AvgIpc) is 2.71. The van der Waals surface area contributed by atoms with E-state index >= 15 is 0 Å². The molecular weight excluding hydrogens is 204 g/mol. The van der Waals surface area contributed by atoms with Crippen molar-refractivity contribution in [3.8, 4) is 6.07 Å². The third kappa shape index (κ3) is 2.00. The highest BCUT2D eigenvalue weighted by molar-refractivity contribution is 7.07. The topological polar surface area (TPSA) is 49.8 Å². The summed E-state index contributed by atoms with van der Waals surface area (Å²) >= 11 is 1.66. The molecule has 1 aromatic carbocycles. The lowest BCUT2D eigenvalue weighted by Gasteiger charge is -2.04. The molecule has 0 saturated heterocycles. The van der Waals surface area contributed by atoms with E-state index < -0.39 is 0 Å². The number of nitrogens with zero attached hydrogens (tertiary/aromatic N) is 1. The van der Waals surface area contributed by atoms with Crippen molar-refractivity contribution >= 4 is 17.0 Å². The number of rotatable bonds is 2. The van der Waals surface area contributed by atoms with Gasteiger partial charge in [-0.15, -0.1) is 0 Å². The Morgan fingerprint density at radius 3 is 2.87 bits per heavy atom. The largest absolute Gasteiger partial charge is 0.398 e. The van der Waals surface area contributed by atoms with Gasteiger partial charge in [-0.2, -0.15) is 16.6 Å². The van der Waals surface area contributed by atoms with Gasteiger partial charge in [0, 0.05) is 5.69 Å². The number of benzene rings is 1. The van der Waals surface area contributed by atoms with Gasteiger partial charge in [0.1, 0.15) is 6.07 Å². The minimum absolute atomic E-state index is 0.560. The second-order valence-corrected chi connectivity index (χ2v) is 4.08.